The van der Waals surface area contributed by atoms with Crippen LogP contribution in [-0.2, 0) is 16.0 Å². The number of benzene rings is 1. The third-order valence-corrected chi connectivity index (χ3v) is 3.65. The van der Waals surface area contributed by atoms with E-state index in [4.69, 9.17) is 0 Å². The van der Waals surface area contributed by atoms with Crippen LogP contribution in [-0.4, -0.2) is 24.9 Å². The third-order valence-electron chi connectivity index (χ3n) is 3.65. The molecule has 0 spiro atoms. The molecule has 4 nitrogen and oxygen atoms in total. The van der Waals surface area contributed by atoms with Gasteiger partial charge in [0, 0.05) is 32.1 Å². The Balaban J connectivity index is 2.62. The molecule has 22 heavy (non-hydrogen) atoms. The fourth-order valence-corrected chi connectivity index (χ4v) is 2.32. The summed E-state index contributed by atoms with van der Waals surface area (Å²) in [5.74, 6) is 0.544. The van der Waals surface area contributed by atoms with E-state index in [1.54, 1.807) is 11.8 Å². The monoisotopic (exact) mass is 304 g/mol. The first kappa shape index (κ1) is 18.2. The lowest BCUT2D eigenvalue weighted by Crippen LogP contribution is -2.34. The first-order valence-electron chi connectivity index (χ1n) is 8.08. The summed E-state index contributed by atoms with van der Waals surface area (Å²) < 4.78 is 0. The third kappa shape index (κ3) is 5.88. The van der Waals surface area contributed by atoms with Crippen molar-refractivity contribution in [1.82, 2.24) is 5.32 Å². The number of nitrogens with one attached hydrogen (secondary N) is 1. The molecule has 0 aliphatic carbocycles. The van der Waals surface area contributed by atoms with Crippen LogP contribution < -0.4 is 10.2 Å². The second kappa shape index (κ2) is 9.23. The van der Waals surface area contributed by atoms with Crippen molar-refractivity contribution >= 4 is 17.5 Å². The van der Waals surface area contributed by atoms with E-state index >= 15 is 0 Å². The zero-order chi connectivity index (χ0) is 16.5. The summed E-state index contributed by atoms with van der Waals surface area (Å²) in [4.78, 5) is 25.5. The van der Waals surface area contributed by atoms with Crippen LogP contribution in [0.3, 0.4) is 0 Å². The van der Waals surface area contributed by atoms with Gasteiger partial charge in [-0.15, -0.1) is 0 Å². The number of hydrogen-bond donors (Lipinski definition) is 1. The predicted molar refractivity (Wildman–Crippen MR) is 90.9 cm³/mol. The number of nitrogens with zero attached hydrogens (tertiary/aromatic N) is 1. The zero-order valence-electron chi connectivity index (χ0n) is 14.2. The average Bonchev–Trinajstić information content (AvgIpc) is 2.47. The molecule has 0 atom stereocenters. The van der Waals surface area contributed by atoms with Crippen molar-refractivity contribution in [2.45, 2.75) is 47.0 Å². The summed E-state index contributed by atoms with van der Waals surface area (Å²) in [7, 11) is 0. The molecule has 1 aromatic carbocycles. The van der Waals surface area contributed by atoms with Gasteiger partial charge >= 0.3 is 0 Å². The Labute approximate surface area is 133 Å². The van der Waals surface area contributed by atoms with Gasteiger partial charge in [-0.3, -0.25) is 9.59 Å². The van der Waals surface area contributed by atoms with E-state index in [1.165, 1.54) is 0 Å². The van der Waals surface area contributed by atoms with Gasteiger partial charge in [0.1, 0.15) is 0 Å². The number of carbonyl (C=O) groups excluding carboxylic acids is 2. The second-order valence-electron chi connectivity index (χ2n) is 5.94. The van der Waals surface area contributed by atoms with Gasteiger partial charge in [-0.25, -0.2) is 0 Å². The summed E-state index contributed by atoms with van der Waals surface area (Å²) >= 11 is 0. The second-order valence-corrected chi connectivity index (χ2v) is 5.94. The number of anilines is 1. The Morgan fingerprint density at radius 1 is 1.23 bits per heavy atom. The lowest BCUT2D eigenvalue weighted by atomic mass is 10.1. The molecular weight excluding hydrogens is 276 g/mol. The van der Waals surface area contributed by atoms with Gasteiger partial charge in [0.05, 0.1) is 0 Å². The Morgan fingerprint density at radius 2 is 1.91 bits per heavy atom. The molecule has 0 heterocycles. The molecule has 4 heteroatoms. The maximum absolute atomic E-state index is 11.9. The fraction of sp³-hybridized carbons (Fsp3) is 0.556. The summed E-state index contributed by atoms with van der Waals surface area (Å²) in [6.07, 6.45) is 2.16. The van der Waals surface area contributed by atoms with Crippen molar-refractivity contribution < 1.29 is 9.59 Å². The Hall–Kier alpha value is -1.84. The average molecular weight is 304 g/mol. The Bertz CT molecular complexity index is 498. The number of hydrogen-bond acceptors (Lipinski definition) is 2. The molecule has 0 aliphatic heterocycles. The van der Waals surface area contributed by atoms with Gasteiger partial charge < -0.3 is 10.2 Å². The van der Waals surface area contributed by atoms with Crippen LogP contribution in [0.4, 0.5) is 5.69 Å². The topological polar surface area (TPSA) is 49.4 Å². The van der Waals surface area contributed by atoms with Crippen LogP contribution >= 0.6 is 0 Å². The number of carbonyl (C=O) groups is 2. The number of amides is 2. The first-order valence-corrected chi connectivity index (χ1v) is 8.08. The van der Waals surface area contributed by atoms with Crippen molar-refractivity contribution in [1.29, 1.82) is 0 Å². The van der Waals surface area contributed by atoms with Gasteiger partial charge in [0.15, 0.2) is 0 Å². The highest BCUT2D eigenvalue weighted by Crippen LogP contribution is 2.21. The van der Waals surface area contributed by atoms with E-state index in [0.717, 1.165) is 24.1 Å². The molecule has 1 aromatic rings. The molecule has 1 rings (SSSR count). The van der Waals surface area contributed by atoms with Gasteiger partial charge in [-0.1, -0.05) is 39.0 Å². The number of aryl methyl sites for hydroxylation is 1. The molecular formula is C18H28N2O2. The van der Waals surface area contributed by atoms with E-state index in [0.29, 0.717) is 25.4 Å². The summed E-state index contributed by atoms with van der Waals surface area (Å²) in [5.41, 5.74) is 2.03. The van der Waals surface area contributed by atoms with E-state index in [1.807, 2.05) is 24.3 Å². The lowest BCUT2D eigenvalue weighted by molar-refractivity contribution is -0.121. The lowest BCUT2D eigenvalue weighted by Gasteiger charge is -2.23. The van der Waals surface area contributed by atoms with Crippen molar-refractivity contribution in [3.8, 4) is 0 Å². The standard InChI is InChI=1S/C18H28N2O2/c1-5-16-8-6-7-9-17(16)20(15(4)21)13-11-18(22)19-12-10-14(2)3/h6-9,14H,5,10-13H2,1-4H3,(H,19,22). The summed E-state index contributed by atoms with van der Waals surface area (Å²) in [6.45, 7) is 8.98. The molecule has 2 amide bonds. The van der Waals surface area contributed by atoms with Gasteiger partial charge in [0.2, 0.25) is 11.8 Å². The number of para-hydroxylation sites is 1. The molecule has 1 N–H and O–H groups in total. The SMILES string of the molecule is CCc1ccccc1N(CCC(=O)NCCC(C)C)C(C)=O. The molecule has 0 aromatic heterocycles. The number of rotatable bonds is 8. The quantitative estimate of drug-likeness (QED) is 0.802. The molecule has 0 saturated heterocycles. The Kier molecular flexibility index (Phi) is 7.64. The van der Waals surface area contributed by atoms with Crippen molar-refractivity contribution in [2.24, 2.45) is 5.92 Å². The molecule has 122 valence electrons. The predicted octanol–water partition coefficient (Wildman–Crippen LogP) is 3.15. The first-order chi connectivity index (χ1) is 10.5. The highest BCUT2D eigenvalue weighted by molar-refractivity contribution is 5.93. The van der Waals surface area contributed by atoms with E-state index in [9.17, 15) is 9.59 Å². The Morgan fingerprint density at radius 3 is 2.50 bits per heavy atom. The maximum atomic E-state index is 11.9. The minimum Gasteiger partial charge on any atom is -0.356 e. The van der Waals surface area contributed by atoms with E-state index in [2.05, 4.69) is 26.1 Å². The van der Waals surface area contributed by atoms with E-state index in [-0.39, 0.29) is 11.8 Å². The maximum Gasteiger partial charge on any atom is 0.223 e. The molecule has 0 aliphatic rings. The van der Waals surface area contributed by atoms with Crippen LogP contribution in [0.25, 0.3) is 0 Å². The van der Waals surface area contributed by atoms with Crippen molar-refractivity contribution in [2.75, 3.05) is 18.0 Å². The van der Waals surface area contributed by atoms with Gasteiger partial charge in [-0.2, -0.15) is 0 Å². The minimum absolute atomic E-state index is 0.000814. The highest BCUT2D eigenvalue weighted by atomic mass is 16.2. The minimum atomic E-state index is -0.0316. The van der Waals surface area contributed by atoms with Crippen LogP contribution in [0, 0.1) is 5.92 Å². The molecule has 0 bridgehead atoms. The molecule has 0 saturated carbocycles. The van der Waals surface area contributed by atoms with Crippen molar-refractivity contribution in [3.05, 3.63) is 29.8 Å². The van der Waals surface area contributed by atoms with E-state index < -0.39 is 0 Å². The van der Waals surface area contributed by atoms with Crippen LogP contribution in [0.2, 0.25) is 0 Å². The summed E-state index contributed by atoms with van der Waals surface area (Å²) in [6, 6.07) is 7.86. The van der Waals surface area contributed by atoms with Crippen LogP contribution in [0.5, 0.6) is 0 Å². The molecule has 0 unspecified atom stereocenters. The smallest absolute Gasteiger partial charge is 0.223 e. The zero-order valence-corrected chi connectivity index (χ0v) is 14.2. The van der Waals surface area contributed by atoms with Crippen LogP contribution in [0.15, 0.2) is 24.3 Å². The largest absolute Gasteiger partial charge is 0.356 e. The normalized spacial score (nSPS) is 10.6. The molecule has 0 fully saturated rings. The van der Waals surface area contributed by atoms with Gasteiger partial charge in [-0.05, 0) is 30.4 Å². The molecule has 0 radical (unpaired) electrons. The highest BCUT2D eigenvalue weighted by Gasteiger charge is 2.15. The van der Waals surface area contributed by atoms with Gasteiger partial charge in [0.25, 0.3) is 0 Å². The van der Waals surface area contributed by atoms with Crippen LogP contribution in [0.1, 0.15) is 46.1 Å². The fourth-order valence-electron chi connectivity index (χ4n) is 2.32. The van der Waals surface area contributed by atoms with Crippen molar-refractivity contribution in [3.63, 3.8) is 0 Å². The summed E-state index contributed by atoms with van der Waals surface area (Å²) in [5, 5.41) is 2.91.